The van der Waals surface area contributed by atoms with Crippen molar-refractivity contribution in [3.63, 3.8) is 0 Å². The van der Waals surface area contributed by atoms with Crippen molar-refractivity contribution in [2.24, 2.45) is 0 Å². The van der Waals surface area contributed by atoms with Crippen LogP contribution < -0.4 is 24.8 Å². The lowest BCUT2D eigenvalue weighted by molar-refractivity contribution is -0.123. The summed E-state index contributed by atoms with van der Waals surface area (Å²) in [6, 6.07) is 6.41. The van der Waals surface area contributed by atoms with E-state index in [2.05, 4.69) is 17.6 Å². The Kier molecular flexibility index (Phi) is 10.2. The monoisotopic (exact) mass is 486 g/mol. The molecule has 1 unspecified atom stereocenters. The van der Waals surface area contributed by atoms with E-state index in [1.54, 1.807) is 14.2 Å². The molecule has 0 aliphatic rings. The van der Waals surface area contributed by atoms with Gasteiger partial charge in [0.25, 0.3) is 0 Å². The number of rotatable bonds is 12. The Labute approximate surface area is 208 Å². The van der Waals surface area contributed by atoms with E-state index in [4.69, 9.17) is 19.3 Å². The number of carbonyl (C=O) groups is 2. The van der Waals surface area contributed by atoms with Crippen LogP contribution in [0.25, 0.3) is 0 Å². The van der Waals surface area contributed by atoms with E-state index in [-0.39, 0.29) is 18.4 Å². The molecule has 2 aromatic rings. The molecule has 0 fully saturated rings. The number of hydrogen-bond acceptors (Lipinski definition) is 5. The highest BCUT2D eigenvalue weighted by atomic mass is 16.5. The molecule has 0 bridgehead atoms. The van der Waals surface area contributed by atoms with Crippen molar-refractivity contribution in [1.82, 2.24) is 10.6 Å². The molecule has 2 aromatic carbocycles. The minimum absolute atomic E-state index is 0.0787. The van der Waals surface area contributed by atoms with Gasteiger partial charge >= 0.3 is 6.09 Å². The van der Waals surface area contributed by atoms with E-state index in [0.717, 1.165) is 52.2 Å². The zero-order valence-electron chi connectivity index (χ0n) is 21.8. The van der Waals surface area contributed by atoms with Gasteiger partial charge in [-0.15, -0.1) is 0 Å². The summed E-state index contributed by atoms with van der Waals surface area (Å²) in [5.41, 5.74) is 5.21. The molecule has 0 heterocycles. The zero-order valence-corrected chi connectivity index (χ0v) is 21.8. The van der Waals surface area contributed by atoms with Crippen molar-refractivity contribution < 1.29 is 28.9 Å². The Morgan fingerprint density at radius 2 is 1.51 bits per heavy atom. The SMILES string of the molecule is COc1c(C)c(C)c(OC)c(CCCOc2ccc(CC(NC(=O)O)C(=O)NC(C)C)cc2)c1C. The number of methoxy groups -OCH3 is 2. The summed E-state index contributed by atoms with van der Waals surface area (Å²) < 4.78 is 17.2. The normalized spacial score (nSPS) is 11.7. The Morgan fingerprint density at radius 1 is 0.914 bits per heavy atom. The number of carbonyl (C=O) groups excluding carboxylic acids is 1. The molecule has 0 spiro atoms. The number of benzene rings is 2. The lowest BCUT2D eigenvalue weighted by atomic mass is 9.94. The first-order valence-electron chi connectivity index (χ1n) is 11.8. The molecule has 3 N–H and O–H groups in total. The van der Waals surface area contributed by atoms with Crippen molar-refractivity contribution in [2.75, 3.05) is 20.8 Å². The molecule has 2 amide bonds. The van der Waals surface area contributed by atoms with Crippen molar-refractivity contribution in [1.29, 1.82) is 0 Å². The second kappa shape index (κ2) is 12.9. The molecule has 1 atom stereocenters. The maximum Gasteiger partial charge on any atom is 0.405 e. The fourth-order valence-corrected chi connectivity index (χ4v) is 4.18. The fraction of sp³-hybridized carbons (Fsp3) is 0.481. The van der Waals surface area contributed by atoms with E-state index in [0.29, 0.717) is 12.4 Å². The predicted molar refractivity (Wildman–Crippen MR) is 136 cm³/mol. The first-order valence-corrected chi connectivity index (χ1v) is 11.8. The summed E-state index contributed by atoms with van der Waals surface area (Å²) in [7, 11) is 3.38. The first kappa shape index (κ1) is 27.8. The van der Waals surface area contributed by atoms with E-state index < -0.39 is 12.1 Å². The second-order valence-electron chi connectivity index (χ2n) is 8.89. The fourth-order valence-electron chi connectivity index (χ4n) is 4.18. The van der Waals surface area contributed by atoms with Gasteiger partial charge in [-0.1, -0.05) is 12.1 Å². The van der Waals surface area contributed by atoms with Crippen LogP contribution in [0.4, 0.5) is 4.79 Å². The quantitative estimate of drug-likeness (QED) is 0.385. The van der Waals surface area contributed by atoms with E-state index in [1.807, 2.05) is 52.0 Å². The largest absolute Gasteiger partial charge is 0.496 e. The molecule has 0 aliphatic carbocycles. The van der Waals surface area contributed by atoms with E-state index in [9.17, 15) is 9.59 Å². The summed E-state index contributed by atoms with van der Waals surface area (Å²) in [6.07, 6.45) is 0.601. The summed E-state index contributed by atoms with van der Waals surface area (Å²) in [5, 5.41) is 14.1. The third-order valence-electron chi connectivity index (χ3n) is 5.97. The highest BCUT2D eigenvalue weighted by molar-refractivity contribution is 5.85. The molecule has 0 saturated carbocycles. The topological polar surface area (TPSA) is 106 Å². The van der Waals surface area contributed by atoms with Gasteiger partial charge < -0.3 is 30.0 Å². The third-order valence-corrected chi connectivity index (χ3v) is 5.97. The number of nitrogens with one attached hydrogen (secondary N) is 2. The third kappa shape index (κ3) is 7.53. The standard InChI is InChI=1S/C27H38N2O6/c1-16(2)28-26(30)23(29-27(31)32)15-20-10-12-21(13-11-20)35-14-8-9-22-19(5)24(33-6)17(3)18(4)25(22)34-7/h10-13,16,23,29H,8-9,14-15H2,1-7H3,(H,28,30)(H,31,32). The zero-order chi connectivity index (χ0) is 26.1. The number of amides is 2. The second-order valence-corrected chi connectivity index (χ2v) is 8.89. The molecule has 192 valence electrons. The number of hydrogen-bond donors (Lipinski definition) is 3. The van der Waals surface area contributed by atoms with Gasteiger partial charge in [0.2, 0.25) is 5.91 Å². The molecule has 0 saturated heterocycles. The number of carboxylic acid groups (broad SMARTS) is 1. The number of ether oxygens (including phenoxy) is 3. The summed E-state index contributed by atoms with van der Waals surface area (Å²) in [6.45, 7) is 10.3. The van der Waals surface area contributed by atoms with Crippen LogP contribution in [0, 0.1) is 20.8 Å². The van der Waals surface area contributed by atoms with Crippen molar-refractivity contribution in [3.8, 4) is 17.2 Å². The molecular weight excluding hydrogens is 448 g/mol. The van der Waals surface area contributed by atoms with Gasteiger partial charge in [0.05, 0.1) is 20.8 Å². The molecule has 2 rings (SSSR count). The van der Waals surface area contributed by atoms with Gasteiger partial charge in [-0.3, -0.25) is 4.79 Å². The molecular formula is C27H38N2O6. The highest BCUT2D eigenvalue weighted by Crippen LogP contribution is 2.38. The van der Waals surface area contributed by atoms with Gasteiger partial charge in [0.1, 0.15) is 23.3 Å². The maximum absolute atomic E-state index is 12.3. The van der Waals surface area contributed by atoms with Gasteiger partial charge in [-0.2, -0.15) is 0 Å². The summed E-state index contributed by atoms with van der Waals surface area (Å²) in [4.78, 5) is 23.4. The first-order chi connectivity index (χ1) is 16.6. The van der Waals surface area contributed by atoms with Crippen molar-refractivity contribution >= 4 is 12.0 Å². The maximum atomic E-state index is 12.3. The Morgan fingerprint density at radius 3 is 2.06 bits per heavy atom. The lowest BCUT2D eigenvalue weighted by Crippen LogP contribution is -2.49. The smallest absolute Gasteiger partial charge is 0.405 e. The molecule has 0 aromatic heterocycles. The van der Waals surface area contributed by atoms with Crippen LogP contribution in [-0.2, 0) is 17.6 Å². The molecule has 0 radical (unpaired) electrons. The van der Waals surface area contributed by atoms with Crippen LogP contribution in [0.2, 0.25) is 0 Å². The predicted octanol–water partition coefficient (Wildman–Crippen LogP) is 4.34. The van der Waals surface area contributed by atoms with Crippen LogP contribution in [0.3, 0.4) is 0 Å². The Hall–Kier alpha value is -3.42. The lowest BCUT2D eigenvalue weighted by Gasteiger charge is -2.20. The molecule has 0 aliphatic heterocycles. The van der Waals surface area contributed by atoms with Crippen LogP contribution >= 0.6 is 0 Å². The highest BCUT2D eigenvalue weighted by Gasteiger charge is 2.22. The molecule has 8 heteroatoms. The molecule has 35 heavy (non-hydrogen) atoms. The minimum Gasteiger partial charge on any atom is -0.496 e. The summed E-state index contributed by atoms with van der Waals surface area (Å²) in [5.74, 6) is 2.16. The van der Waals surface area contributed by atoms with E-state index >= 15 is 0 Å². The van der Waals surface area contributed by atoms with Gasteiger partial charge in [0, 0.05) is 18.0 Å². The Balaban J connectivity index is 1.98. The van der Waals surface area contributed by atoms with Crippen LogP contribution in [0.5, 0.6) is 17.2 Å². The van der Waals surface area contributed by atoms with Gasteiger partial charge in [-0.05, 0) is 81.8 Å². The van der Waals surface area contributed by atoms with Crippen LogP contribution in [-0.4, -0.2) is 50.0 Å². The average molecular weight is 487 g/mol. The van der Waals surface area contributed by atoms with Crippen LogP contribution in [0.1, 0.15) is 48.1 Å². The molecule has 8 nitrogen and oxygen atoms in total. The van der Waals surface area contributed by atoms with Crippen molar-refractivity contribution in [2.45, 2.75) is 66.0 Å². The Bertz CT molecular complexity index is 1020. The summed E-state index contributed by atoms with van der Waals surface area (Å²) >= 11 is 0. The van der Waals surface area contributed by atoms with E-state index in [1.165, 1.54) is 0 Å². The average Bonchev–Trinajstić information content (AvgIpc) is 2.80. The van der Waals surface area contributed by atoms with Gasteiger partial charge in [0.15, 0.2) is 0 Å². The van der Waals surface area contributed by atoms with Gasteiger partial charge in [-0.25, -0.2) is 4.79 Å². The van der Waals surface area contributed by atoms with Crippen LogP contribution in [0.15, 0.2) is 24.3 Å². The minimum atomic E-state index is -1.23. The van der Waals surface area contributed by atoms with Crippen molar-refractivity contribution in [3.05, 3.63) is 52.1 Å².